The lowest BCUT2D eigenvalue weighted by Gasteiger charge is -2.25. The molecule has 1 fully saturated rings. The van der Waals surface area contributed by atoms with Crippen LogP contribution in [0, 0.1) is 6.92 Å². The van der Waals surface area contributed by atoms with Crippen LogP contribution in [0.2, 0.25) is 5.02 Å². The van der Waals surface area contributed by atoms with Crippen LogP contribution in [0.4, 0.5) is 5.69 Å². The Morgan fingerprint density at radius 3 is 2.61 bits per heavy atom. The molecule has 1 aromatic carbocycles. The van der Waals surface area contributed by atoms with E-state index in [0.29, 0.717) is 28.8 Å². The van der Waals surface area contributed by atoms with Gasteiger partial charge in [-0.3, -0.25) is 4.79 Å². The summed E-state index contributed by atoms with van der Waals surface area (Å²) in [6.07, 6.45) is 4.21. The van der Waals surface area contributed by atoms with E-state index in [4.69, 9.17) is 11.6 Å². The fraction of sp³-hybridized carbons (Fsp3) is 0.368. The zero-order chi connectivity index (χ0) is 20.1. The third-order valence-electron chi connectivity index (χ3n) is 4.47. The van der Waals surface area contributed by atoms with Crippen LogP contribution in [0.5, 0.6) is 0 Å². The number of nitrogens with zero attached hydrogens (tertiary/aromatic N) is 2. The molecule has 3 rings (SSSR count). The van der Waals surface area contributed by atoms with Gasteiger partial charge in [-0.05, 0) is 49.6 Å². The van der Waals surface area contributed by atoms with Gasteiger partial charge in [-0.2, -0.15) is 4.31 Å². The molecule has 2 aromatic rings. The van der Waals surface area contributed by atoms with Crippen molar-refractivity contribution >= 4 is 45.0 Å². The summed E-state index contributed by atoms with van der Waals surface area (Å²) in [7, 11) is -3.49. The molecular formula is C19H22ClN3O3S2. The molecule has 0 atom stereocenters. The normalized spacial score (nSPS) is 15.4. The molecular weight excluding hydrogens is 418 g/mol. The number of benzene rings is 1. The molecule has 2 heterocycles. The minimum atomic E-state index is -3.49. The van der Waals surface area contributed by atoms with Gasteiger partial charge in [-0.25, -0.2) is 13.4 Å². The number of sulfonamides is 1. The maximum atomic E-state index is 12.6. The standard InChI is InChI=1S/C19H22ClN3O3S2/c1-14-5-6-15(11-17(14)20)22-18(24)13-27-19-8-7-16(12-21-19)28(25,26)23-9-3-2-4-10-23/h5-8,11-12H,2-4,9-10,13H2,1H3,(H,22,24). The summed E-state index contributed by atoms with van der Waals surface area (Å²) >= 11 is 7.30. The van der Waals surface area contributed by atoms with Crippen molar-refractivity contribution in [2.75, 3.05) is 24.2 Å². The Kier molecular flexibility index (Phi) is 6.98. The van der Waals surface area contributed by atoms with Crippen molar-refractivity contribution in [3.63, 3.8) is 0 Å². The van der Waals surface area contributed by atoms with E-state index >= 15 is 0 Å². The molecule has 1 aliphatic rings. The van der Waals surface area contributed by atoms with Gasteiger partial charge in [0.2, 0.25) is 15.9 Å². The molecule has 1 aliphatic heterocycles. The Morgan fingerprint density at radius 2 is 1.96 bits per heavy atom. The van der Waals surface area contributed by atoms with Crippen molar-refractivity contribution < 1.29 is 13.2 Å². The molecule has 9 heteroatoms. The number of thioether (sulfide) groups is 1. The number of hydrogen-bond acceptors (Lipinski definition) is 5. The molecule has 150 valence electrons. The molecule has 1 N–H and O–H groups in total. The van der Waals surface area contributed by atoms with Crippen LogP contribution in [-0.2, 0) is 14.8 Å². The molecule has 0 unspecified atom stereocenters. The third-order valence-corrected chi connectivity index (χ3v) is 7.70. The van der Waals surface area contributed by atoms with Crippen LogP contribution in [0.15, 0.2) is 46.5 Å². The van der Waals surface area contributed by atoms with Gasteiger partial charge in [-0.15, -0.1) is 0 Å². The van der Waals surface area contributed by atoms with Crippen LogP contribution in [-0.4, -0.2) is 42.5 Å². The smallest absolute Gasteiger partial charge is 0.244 e. The number of nitrogens with one attached hydrogen (secondary N) is 1. The Bertz CT molecular complexity index is 943. The number of carbonyl (C=O) groups is 1. The molecule has 0 spiro atoms. The first-order valence-electron chi connectivity index (χ1n) is 9.01. The van der Waals surface area contributed by atoms with Gasteiger partial charge in [0, 0.05) is 30.0 Å². The second kappa shape index (κ2) is 9.26. The topological polar surface area (TPSA) is 79.4 Å². The highest BCUT2D eigenvalue weighted by molar-refractivity contribution is 7.99. The van der Waals surface area contributed by atoms with E-state index in [9.17, 15) is 13.2 Å². The second-order valence-corrected chi connectivity index (χ2v) is 9.94. The van der Waals surface area contributed by atoms with E-state index in [0.717, 1.165) is 24.8 Å². The fourth-order valence-electron chi connectivity index (χ4n) is 2.87. The number of hydrogen-bond donors (Lipinski definition) is 1. The predicted molar refractivity (Wildman–Crippen MR) is 112 cm³/mol. The molecule has 0 radical (unpaired) electrons. The van der Waals surface area contributed by atoms with E-state index < -0.39 is 10.0 Å². The summed E-state index contributed by atoms with van der Waals surface area (Å²) in [5.74, 6) is -0.0202. The first-order valence-corrected chi connectivity index (χ1v) is 11.8. The van der Waals surface area contributed by atoms with Crippen LogP contribution >= 0.6 is 23.4 Å². The van der Waals surface area contributed by atoms with E-state index in [1.165, 1.54) is 22.3 Å². The number of aryl methyl sites for hydroxylation is 1. The summed E-state index contributed by atoms with van der Waals surface area (Å²) < 4.78 is 26.8. The maximum Gasteiger partial charge on any atom is 0.244 e. The monoisotopic (exact) mass is 439 g/mol. The van der Waals surface area contributed by atoms with Crippen LogP contribution in [0.3, 0.4) is 0 Å². The number of halogens is 1. The first-order chi connectivity index (χ1) is 13.4. The van der Waals surface area contributed by atoms with Gasteiger partial charge >= 0.3 is 0 Å². The highest BCUT2D eigenvalue weighted by Gasteiger charge is 2.26. The summed E-state index contributed by atoms with van der Waals surface area (Å²) in [6, 6.07) is 8.53. The number of rotatable bonds is 6. The summed E-state index contributed by atoms with van der Waals surface area (Å²) in [5, 5.41) is 3.97. The maximum absolute atomic E-state index is 12.6. The molecule has 28 heavy (non-hydrogen) atoms. The van der Waals surface area contributed by atoms with Gasteiger partial charge in [0.25, 0.3) is 0 Å². The minimum Gasteiger partial charge on any atom is -0.325 e. The lowest BCUT2D eigenvalue weighted by Crippen LogP contribution is -2.35. The number of carbonyl (C=O) groups excluding carboxylic acids is 1. The Balaban J connectivity index is 1.56. The zero-order valence-corrected chi connectivity index (χ0v) is 17.9. The molecule has 6 nitrogen and oxygen atoms in total. The van der Waals surface area contributed by atoms with Crippen molar-refractivity contribution in [2.24, 2.45) is 0 Å². The predicted octanol–water partition coefficient (Wildman–Crippen LogP) is 3.95. The number of anilines is 1. The SMILES string of the molecule is Cc1ccc(NC(=O)CSc2ccc(S(=O)(=O)N3CCCCC3)cn2)cc1Cl. The summed E-state index contributed by atoms with van der Waals surface area (Å²) in [6.45, 7) is 3.01. The Hall–Kier alpha value is -1.61. The Morgan fingerprint density at radius 1 is 1.21 bits per heavy atom. The van der Waals surface area contributed by atoms with Crippen molar-refractivity contribution in [1.82, 2.24) is 9.29 Å². The van der Waals surface area contributed by atoms with Crippen molar-refractivity contribution in [3.05, 3.63) is 47.1 Å². The van der Waals surface area contributed by atoms with E-state index in [1.807, 2.05) is 13.0 Å². The van der Waals surface area contributed by atoms with Gasteiger partial charge in [0.15, 0.2) is 0 Å². The van der Waals surface area contributed by atoms with Crippen molar-refractivity contribution in [3.8, 4) is 0 Å². The molecule has 0 saturated carbocycles. The zero-order valence-electron chi connectivity index (χ0n) is 15.5. The van der Waals surface area contributed by atoms with E-state index in [1.54, 1.807) is 24.3 Å². The highest BCUT2D eigenvalue weighted by atomic mass is 35.5. The number of pyridine rings is 1. The summed E-state index contributed by atoms with van der Waals surface area (Å²) in [4.78, 5) is 16.5. The fourth-order valence-corrected chi connectivity index (χ4v) is 5.15. The van der Waals surface area contributed by atoms with E-state index in [-0.39, 0.29) is 16.6 Å². The number of piperidine rings is 1. The lowest BCUT2D eigenvalue weighted by molar-refractivity contribution is -0.113. The minimum absolute atomic E-state index is 0.163. The average Bonchev–Trinajstić information content (AvgIpc) is 2.70. The number of amides is 1. The average molecular weight is 440 g/mol. The summed E-state index contributed by atoms with van der Waals surface area (Å²) in [5.41, 5.74) is 1.58. The van der Waals surface area contributed by atoms with E-state index in [2.05, 4.69) is 10.3 Å². The van der Waals surface area contributed by atoms with Crippen LogP contribution < -0.4 is 5.32 Å². The van der Waals surface area contributed by atoms with Gasteiger partial charge < -0.3 is 5.32 Å². The van der Waals surface area contributed by atoms with Crippen molar-refractivity contribution in [1.29, 1.82) is 0 Å². The van der Waals surface area contributed by atoms with Gasteiger partial charge in [-0.1, -0.05) is 35.9 Å². The molecule has 1 saturated heterocycles. The lowest BCUT2D eigenvalue weighted by atomic mass is 10.2. The largest absolute Gasteiger partial charge is 0.325 e. The van der Waals surface area contributed by atoms with Gasteiger partial charge in [0.1, 0.15) is 4.90 Å². The third kappa shape index (κ3) is 5.26. The molecule has 1 amide bonds. The van der Waals surface area contributed by atoms with Crippen molar-refractivity contribution in [2.45, 2.75) is 36.1 Å². The molecule has 1 aromatic heterocycles. The Labute approximate surface area is 174 Å². The van der Waals surface area contributed by atoms with Crippen LogP contribution in [0.25, 0.3) is 0 Å². The van der Waals surface area contributed by atoms with Crippen LogP contribution in [0.1, 0.15) is 24.8 Å². The first kappa shape index (κ1) is 21.1. The van der Waals surface area contributed by atoms with Gasteiger partial charge in [0.05, 0.1) is 10.8 Å². The number of aromatic nitrogens is 1. The molecule has 0 aliphatic carbocycles. The quantitative estimate of drug-likeness (QED) is 0.689. The highest BCUT2D eigenvalue weighted by Crippen LogP contribution is 2.23. The second-order valence-electron chi connectivity index (χ2n) is 6.60. The molecule has 0 bridgehead atoms.